The van der Waals surface area contributed by atoms with Gasteiger partial charge in [-0.1, -0.05) is 5.16 Å². The van der Waals surface area contributed by atoms with Crippen LogP contribution in [0.3, 0.4) is 0 Å². The van der Waals surface area contributed by atoms with Crippen molar-refractivity contribution in [2.75, 3.05) is 0 Å². The summed E-state index contributed by atoms with van der Waals surface area (Å²) in [7, 11) is 0. The van der Waals surface area contributed by atoms with Gasteiger partial charge < -0.3 is 14.1 Å². The third-order valence-corrected chi connectivity index (χ3v) is 3.19. The van der Waals surface area contributed by atoms with Crippen molar-refractivity contribution in [2.45, 2.75) is 26.8 Å². The van der Waals surface area contributed by atoms with Crippen LogP contribution in [0.5, 0.6) is 0 Å². The van der Waals surface area contributed by atoms with Crippen molar-refractivity contribution in [3.8, 4) is 0 Å². The molecule has 6 nitrogen and oxygen atoms in total. The Morgan fingerprint density at radius 3 is 3.00 bits per heavy atom. The molecule has 0 spiro atoms. The maximum absolute atomic E-state index is 5.32. The number of aromatic amines is 1. The van der Waals surface area contributed by atoms with Gasteiger partial charge >= 0.3 is 0 Å². The van der Waals surface area contributed by atoms with Gasteiger partial charge in [-0.3, -0.25) is 0 Å². The highest BCUT2D eigenvalue weighted by molar-refractivity contribution is 7.71. The molecule has 19 heavy (non-hydrogen) atoms. The molecule has 0 fully saturated rings. The van der Waals surface area contributed by atoms with Gasteiger partial charge in [-0.15, -0.1) is 0 Å². The van der Waals surface area contributed by atoms with Crippen LogP contribution in [0.4, 0.5) is 0 Å². The van der Waals surface area contributed by atoms with Crippen molar-refractivity contribution >= 4 is 23.4 Å². The van der Waals surface area contributed by atoms with Gasteiger partial charge in [0.2, 0.25) is 5.89 Å². The molecule has 0 amide bonds. The molecule has 0 aliphatic carbocycles. The van der Waals surface area contributed by atoms with Gasteiger partial charge in [0, 0.05) is 19.2 Å². The minimum absolute atomic E-state index is 0.612. The Bertz CT molecular complexity index is 785. The first-order chi connectivity index (χ1) is 9.13. The third kappa shape index (κ3) is 2.28. The molecule has 0 atom stereocenters. The molecular formula is C12H13N5OS. The van der Waals surface area contributed by atoms with Crippen LogP contribution >= 0.6 is 12.2 Å². The molecule has 0 saturated heterocycles. The van der Waals surface area contributed by atoms with Crippen molar-refractivity contribution in [2.24, 2.45) is 0 Å². The van der Waals surface area contributed by atoms with Gasteiger partial charge in [-0.2, -0.15) is 4.98 Å². The molecule has 7 heteroatoms. The number of fused-ring (bicyclic) bond motifs is 1. The molecule has 3 aromatic heterocycles. The molecule has 3 heterocycles. The zero-order valence-corrected chi connectivity index (χ0v) is 11.5. The summed E-state index contributed by atoms with van der Waals surface area (Å²) in [5.74, 6) is 1.26. The molecule has 0 aliphatic rings. The highest BCUT2D eigenvalue weighted by Gasteiger charge is 2.08. The van der Waals surface area contributed by atoms with E-state index in [1.807, 2.05) is 23.8 Å². The van der Waals surface area contributed by atoms with Crippen molar-refractivity contribution in [3.05, 3.63) is 34.3 Å². The molecule has 0 unspecified atom stereocenters. The molecule has 0 saturated carbocycles. The van der Waals surface area contributed by atoms with E-state index in [-0.39, 0.29) is 0 Å². The molecule has 0 radical (unpaired) electrons. The molecule has 0 aromatic carbocycles. The summed E-state index contributed by atoms with van der Waals surface area (Å²) in [6, 6.07) is 2.03. The Balaban J connectivity index is 1.92. The van der Waals surface area contributed by atoms with Crippen LogP contribution in [-0.4, -0.2) is 24.7 Å². The maximum Gasteiger partial charge on any atom is 0.228 e. The van der Waals surface area contributed by atoms with Crippen LogP contribution in [-0.2, 0) is 13.0 Å². The monoisotopic (exact) mass is 275 g/mol. The number of H-pyrrole nitrogens is 1. The van der Waals surface area contributed by atoms with Gasteiger partial charge in [-0.05, 0) is 37.7 Å². The van der Waals surface area contributed by atoms with E-state index in [2.05, 4.69) is 20.1 Å². The molecule has 3 rings (SSSR count). The van der Waals surface area contributed by atoms with E-state index < -0.39 is 0 Å². The SMILES string of the molecule is Cc1cnc2c(c1)[nH]c(=S)n2CCc1nc(C)no1. The van der Waals surface area contributed by atoms with Crippen molar-refractivity contribution in [1.29, 1.82) is 0 Å². The summed E-state index contributed by atoms with van der Waals surface area (Å²) < 4.78 is 7.70. The number of nitrogens with zero attached hydrogens (tertiary/aromatic N) is 4. The van der Waals surface area contributed by atoms with Crippen LogP contribution in [0.15, 0.2) is 16.8 Å². The van der Waals surface area contributed by atoms with Gasteiger partial charge in [-0.25, -0.2) is 4.98 Å². The number of imidazole rings is 1. The van der Waals surface area contributed by atoms with E-state index in [0.717, 1.165) is 16.7 Å². The quantitative estimate of drug-likeness (QED) is 0.743. The van der Waals surface area contributed by atoms with Crippen LogP contribution in [0, 0.1) is 18.6 Å². The summed E-state index contributed by atoms with van der Waals surface area (Å²) in [4.78, 5) is 11.8. The van der Waals surface area contributed by atoms with Crippen LogP contribution in [0.1, 0.15) is 17.3 Å². The molecular weight excluding hydrogens is 262 g/mol. The van der Waals surface area contributed by atoms with E-state index in [1.54, 1.807) is 6.92 Å². The lowest BCUT2D eigenvalue weighted by Gasteiger charge is -2.01. The van der Waals surface area contributed by atoms with Gasteiger partial charge in [0.1, 0.15) is 0 Å². The van der Waals surface area contributed by atoms with E-state index in [0.29, 0.717) is 29.5 Å². The van der Waals surface area contributed by atoms with Crippen molar-refractivity contribution in [1.82, 2.24) is 24.7 Å². The first kappa shape index (κ1) is 12.0. The topological polar surface area (TPSA) is 72.5 Å². The lowest BCUT2D eigenvalue weighted by Crippen LogP contribution is -2.02. The van der Waals surface area contributed by atoms with Crippen LogP contribution < -0.4 is 0 Å². The molecule has 1 N–H and O–H groups in total. The lowest BCUT2D eigenvalue weighted by atomic mass is 10.3. The average Bonchev–Trinajstić information content (AvgIpc) is 2.89. The van der Waals surface area contributed by atoms with Crippen LogP contribution in [0.25, 0.3) is 11.2 Å². The Kier molecular flexibility index (Phi) is 2.90. The summed E-state index contributed by atoms with van der Waals surface area (Å²) in [5, 5.41) is 3.77. The minimum atomic E-state index is 0.612. The zero-order chi connectivity index (χ0) is 13.4. The number of nitrogens with one attached hydrogen (secondary N) is 1. The fourth-order valence-corrected chi connectivity index (χ4v) is 2.29. The standard InChI is InChI=1S/C12H13N5OS/c1-7-5-9-11(13-6-7)17(12(19)15-9)4-3-10-14-8(2)16-18-10/h5-6H,3-4H2,1-2H3,(H,15,19). The predicted octanol–water partition coefficient (Wildman–Crippen LogP) is 2.34. The second-order valence-corrected chi connectivity index (χ2v) is 4.84. The number of hydrogen-bond donors (Lipinski definition) is 1. The normalized spacial score (nSPS) is 11.3. The molecule has 0 aliphatic heterocycles. The maximum atomic E-state index is 5.32. The lowest BCUT2D eigenvalue weighted by molar-refractivity contribution is 0.368. The number of hydrogen-bond acceptors (Lipinski definition) is 5. The fraction of sp³-hybridized carbons (Fsp3) is 0.333. The summed E-state index contributed by atoms with van der Waals surface area (Å²) in [6.07, 6.45) is 2.47. The van der Waals surface area contributed by atoms with E-state index in [9.17, 15) is 0 Å². The van der Waals surface area contributed by atoms with Gasteiger partial charge in [0.05, 0.1) is 5.52 Å². The van der Waals surface area contributed by atoms with E-state index >= 15 is 0 Å². The highest BCUT2D eigenvalue weighted by Crippen LogP contribution is 2.13. The minimum Gasteiger partial charge on any atom is -0.339 e. The Hall–Kier alpha value is -2.02. The Labute approximate surface area is 114 Å². The first-order valence-corrected chi connectivity index (χ1v) is 6.38. The highest BCUT2D eigenvalue weighted by atomic mass is 32.1. The fourth-order valence-electron chi connectivity index (χ4n) is 2.00. The predicted molar refractivity (Wildman–Crippen MR) is 72.4 cm³/mol. The Morgan fingerprint density at radius 1 is 1.42 bits per heavy atom. The largest absolute Gasteiger partial charge is 0.339 e. The second kappa shape index (κ2) is 4.58. The number of aromatic nitrogens is 5. The number of rotatable bonds is 3. The van der Waals surface area contributed by atoms with Crippen molar-refractivity contribution < 1.29 is 4.52 Å². The van der Waals surface area contributed by atoms with Crippen LogP contribution in [0.2, 0.25) is 0 Å². The number of pyridine rings is 1. The molecule has 3 aromatic rings. The first-order valence-electron chi connectivity index (χ1n) is 5.98. The summed E-state index contributed by atoms with van der Waals surface area (Å²) >= 11 is 5.32. The summed E-state index contributed by atoms with van der Waals surface area (Å²) in [5.41, 5.74) is 2.90. The molecule has 0 bridgehead atoms. The van der Waals surface area contributed by atoms with Crippen molar-refractivity contribution in [3.63, 3.8) is 0 Å². The molecule has 98 valence electrons. The zero-order valence-electron chi connectivity index (χ0n) is 10.7. The number of aryl methyl sites for hydroxylation is 4. The smallest absolute Gasteiger partial charge is 0.228 e. The van der Waals surface area contributed by atoms with E-state index in [1.165, 1.54) is 0 Å². The van der Waals surface area contributed by atoms with E-state index in [4.69, 9.17) is 16.7 Å². The Morgan fingerprint density at radius 2 is 2.26 bits per heavy atom. The van der Waals surface area contributed by atoms with Gasteiger partial charge in [0.25, 0.3) is 0 Å². The van der Waals surface area contributed by atoms with Gasteiger partial charge in [0.15, 0.2) is 16.2 Å². The third-order valence-electron chi connectivity index (χ3n) is 2.86. The second-order valence-electron chi connectivity index (χ2n) is 4.45. The average molecular weight is 275 g/mol. The summed E-state index contributed by atoms with van der Waals surface area (Å²) in [6.45, 7) is 4.47.